The Morgan fingerprint density at radius 3 is 2.47 bits per heavy atom. The lowest BCUT2D eigenvalue weighted by Crippen LogP contribution is -2.09. The molecule has 0 saturated heterocycles. The molecule has 0 bridgehead atoms. The van der Waals surface area contributed by atoms with Gasteiger partial charge in [0.15, 0.2) is 0 Å². The van der Waals surface area contributed by atoms with Crippen LogP contribution in [0.4, 0.5) is 0 Å². The van der Waals surface area contributed by atoms with Gasteiger partial charge in [-0.3, -0.25) is 9.36 Å². The number of esters is 1. The summed E-state index contributed by atoms with van der Waals surface area (Å²) in [5, 5.41) is 11.1. The molecule has 2 aromatic heterocycles. The monoisotopic (exact) mass is 470 g/mol. The minimum Gasteiger partial charge on any atom is -0.465 e. The molecule has 0 spiro atoms. The zero-order chi connectivity index (χ0) is 21.8. The zero-order valence-corrected chi connectivity index (χ0v) is 19.6. The van der Waals surface area contributed by atoms with Gasteiger partial charge in [0.1, 0.15) is 0 Å². The van der Waals surface area contributed by atoms with E-state index in [0.29, 0.717) is 18.0 Å². The molecule has 2 aromatic carbocycles. The lowest BCUT2D eigenvalue weighted by Gasteiger charge is -2.12. The van der Waals surface area contributed by atoms with E-state index >= 15 is 0 Å². The van der Waals surface area contributed by atoms with Gasteiger partial charge < -0.3 is 4.74 Å². The summed E-state index contributed by atoms with van der Waals surface area (Å²) in [6.45, 7) is 9.85. The Kier molecular flexibility index (Phi) is 6.92. The molecule has 0 radical (unpaired) electrons. The Bertz CT molecular complexity index is 1180. The van der Waals surface area contributed by atoms with Gasteiger partial charge in [-0.25, -0.2) is 4.79 Å². The van der Waals surface area contributed by atoms with Crippen molar-refractivity contribution in [3.05, 3.63) is 58.3 Å². The molecule has 0 fully saturated rings. The standard InChI is InChI=1S/C21H21BrN4O2.C2H6/c1-13(2)11-26-20-16(10-24-26)7-18(22)8-17(20)12-25-19-5-4-14(21(27)28-3)6-15(19)9-23-25;1-2/h4-10,13H,11-12H2,1-3H3;1-2H3. The van der Waals surface area contributed by atoms with Crippen LogP contribution in [0.3, 0.4) is 0 Å². The topological polar surface area (TPSA) is 61.9 Å². The molecule has 2 heterocycles. The number of hydrogen-bond acceptors (Lipinski definition) is 4. The first-order valence-electron chi connectivity index (χ1n) is 10.1. The summed E-state index contributed by atoms with van der Waals surface area (Å²) in [5.41, 5.74) is 3.77. The van der Waals surface area contributed by atoms with E-state index < -0.39 is 0 Å². The van der Waals surface area contributed by atoms with Crippen molar-refractivity contribution in [3.63, 3.8) is 0 Å². The number of carbonyl (C=O) groups excluding carboxylic acids is 1. The molecular formula is C23H27BrN4O2. The average molecular weight is 471 g/mol. The van der Waals surface area contributed by atoms with E-state index in [1.165, 1.54) is 7.11 Å². The summed E-state index contributed by atoms with van der Waals surface area (Å²) in [6, 6.07) is 9.70. The highest BCUT2D eigenvalue weighted by atomic mass is 79.9. The fraction of sp³-hybridized carbons (Fsp3) is 0.348. The smallest absolute Gasteiger partial charge is 0.337 e. The maximum Gasteiger partial charge on any atom is 0.337 e. The Balaban J connectivity index is 0.00000124. The van der Waals surface area contributed by atoms with Gasteiger partial charge >= 0.3 is 5.97 Å². The SMILES string of the molecule is CC.COC(=O)c1ccc2c(cnn2Cc2cc(Br)cc3cnn(CC(C)C)c23)c1. The molecule has 0 aliphatic rings. The molecule has 0 aliphatic carbocycles. The fourth-order valence-corrected chi connectivity index (χ4v) is 4.03. The number of methoxy groups -OCH3 is 1. The molecule has 4 aromatic rings. The molecule has 0 atom stereocenters. The Morgan fingerprint density at radius 2 is 1.77 bits per heavy atom. The van der Waals surface area contributed by atoms with Crippen LogP contribution in [0.25, 0.3) is 21.8 Å². The van der Waals surface area contributed by atoms with Gasteiger partial charge in [0, 0.05) is 27.4 Å². The Labute approximate surface area is 184 Å². The van der Waals surface area contributed by atoms with Crippen LogP contribution in [-0.2, 0) is 17.8 Å². The Hall–Kier alpha value is -2.67. The van der Waals surface area contributed by atoms with E-state index in [-0.39, 0.29) is 5.97 Å². The molecule has 6 nitrogen and oxygen atoms in total. The van der Waals surface area contributed by atoms with Crippen molar-refractivity contribution in [2.75, 3.05) is 7.11 Å². The number of ether oxygens (including phenoxy) is 1. The van der Waals surface area contributed by atoms with Gasteiger partial charge in [0.2, 0.25) is 0 Å². The average Bonchev–Trinajstić information content (AvgIpc) is 3.32. The highest BCUT2D eigenvalue weighted by Crippen LogP contribution is 2.27. The lowest BCUT2D eigenvalue weighted by molar-refractivity contribution is 0.0601. The molecule has 4 rings (SSSR count). The second-order valence-electron chi connectivity index (χ2n) is 7.29. The highest BCUT2D eigenvalue weighted by Gasteiger charge is 2.14. The highest BCUT2D eigenvalue weighted by molar-refractivity contribution is 9.10. The van der Waals surface area contributed by atoms with Gasteiger partial charge in [0.25, 0.3) is 0 Å². The lowest BCUT2D eigenvalue weighted by atomic mass is 10.1. The third kappa shape index (κ3) is 4.41. The second-order valence-corrected chi connectivity index (χ2v) is 8.21. The van der Waals surface area contributed by atoms with Crippen LogP contribution in [0.5, 0.6) is 0 Å². The van der Waals surface area contributed by atoms with Crippen LogP contribution >= 0.6 is 15.9 Å². The first-order chi connectivity index (χ1) is 14.5. The van der Waals surface area contributed by atoms with Crippen LogP contribution in [0.15, 0.2) is 47.2 Å². The van der Waals surface area contributed by atoms with Crippen LogP contribution < -0.4 is 0 Å². The molecule has 0 saturated carbocycles. The number of carbonyl (C=O) groups is 1. The van der Waals surface area contributed by atoms with Crippen LogP contribution in [0, 0.1) is 5.92 Å². The molecule has 0 N–H and O–H groups in total. The largest absolute Gasteiger partial charge is 0.465 e. The maximum atomic E-state index is 11.8. The van der Waals surface area contributed by atoms with Crippen molar-refractivity contribution in [1.82, 2.24) is 19.6 Å². The van der Waals surface area contributed by atoms with Gasteiger partial charge in [-0.05, 0) is 36.2 Å². The van der Waals surface area contributed by atoms with E-state index in [9.17, 15) is 4.79 Å². The van der Waals surface area contributed by atoms with Crippen molar-refractivity contribution in [2.24, 2.45) is 5.92 Å². The molecule has 158 valence electrons. The zero-order valence-electron chi connectivity index (χ0n) is 18.0. The summed E-state index contributed by atoms with van der Waals surface area (Å²) in [4.78, 5) is 11.8. The number of fused-ring (bicyclic) bond motifs is 2. The van der Waals surface area contributed by atoms with Gasteiger partial charge in [-0.1, -0.05) is 43.6 Å². The van der Waals surface area contributed by atoms with E-state index in [1.54, 1.807) is 12.3 Å². The van der Waals surface area contributed by atoms with Crippen molar-refractivity contribution >= 4 is 43.7 Å². The summed E-state index contributed by atoms with van der Waals surface area (Å²) in [5.74, 6) is 0.155. The van der Waals surface area contributed by atoms with Gasteiger partial charge in [-0.2, -0.15) is 10.2 Å². The first-order valence-corrected chi connectivity index (χ1v) is 10.9. The van der Waals surface area contributed by atoms with Crippen molar-refractivity contribution < 1.29 is 9.53 Å². The van der Waals surface area contributed by atoms with Crippen LogP contribution in [-0.4, -0.2) is 32.6 Å². The second kappa shape index (κ2) is 9.43. The first kappa shape index (κ1) is 22.0. The third-order valence-electron chi connectivity index (χ3n) is 4.70. The molecule has 0 aliphatic heterocycles. The van der Waals surface area contributed by atoms with Crippen LogP contribution in [0.1, 0.15) is 43.6 Å². The normalized spacial score (nSPS) is 11.0. The molecule has 0 amide bonds. The molecule has 30 heavy (non-hydrogen) atoms. The number of nitrogens with zero attached hydrogens (tertiary/aromatic N) is 4. The third-order valence-corrected chi connectivity index (χ3v) is 5.16. The number of halogens is 1. The van der Waals surface area contributed by atoms with Gasteiger partial charge in [0.05, 0.1) is 42.6 Å². The van der Waals surface area contributed by atoms with E-state index in [1.807, 2.05) is 36.9 Å². The minimum absolute atomic E-state index is 0.346. The number of aromatic nitrogens is 4. The summed E-state index contributed by atoms with van der Waals surface area (Å²) in [6.07, 6.45) is 3.69. The predicted molar refractivity (Wildman–Crippen MR) is 124 cm³/mol. The Morgan fingerprint density at radius 1 is 1.07 bits per heavy atom. The molecular weight excluding hydrogens is 444 g/mol. The molecule has 0 unspecified atom stereocenters. The van der Waals surface area contributed by atoms with Crippen molar-refractivity contribution in [1.29, 1.82) is 0 Å². The summed E-state index contributed by atoms with van der Waals surface area (Å²) >= 11 is 3.61. The van der Waals surface area contributed by atoms with Crippen molar-refractivity contribution in [2.45, 2.75) is 40.8 Å². The minimum atomic E-state index is -0.346. The number of hydrogen-bond donors (Lipinski definition) is 0. The number of rotatable bonds is 5. The number of benzene rings is 2. The van der Waals surface area contributed by atoms with Crippen molar-refractivity contribution in [3.8, 4) is 0 Å². The van der Waals surface area contributed by atoms with E-state index in [2.05, 4.69) is 56.8 Å². The van der Waals surface area contributed by atoms with E-state index in [0.717, 1.165) is 38.4 Å². The summed E-state index contributed by atoms with van der Waals surface area (Å²) in [7, 11) is 1.38. The maximum absolute atomic E-state index is 11.8. The van der Waals surface area contributed by atoms with E-state index in [4.69, 9.17) is 4.74 Å². The molecule has 7 heteroatoms. The fourth-order valence-electron chi connectivity index (χ4n) is 3.51. The van der Waals surface area contributed by atoms with Gasteiger partial charge in [-0.15, -0.1) is 0 Å². The summed E-state index contributed by atoms with van der Waals surface area (Å²) < 4.78 is 9.84. The predicted octanol–water partition coefficient (Wildman–Crippen LogP) is 5.67. The quantitative estimate of drug-likeness (QED) is 0.352. The van der Waals surface area contributed by atoms with Crippen LogP contribution in [0.2, 0.25) is 0 Å².